The van der Waals surface area contributed by atoms with Gasteiger partial charge in [0.15, 0.2) is 5.60 Å². The number of esters is 1. The number of fused-ring (bicyclic) bond motifs is 2. The van der Waals surface area contributed by atoms with Crippen molar-refractivity contribution in [3.8, 4) is 11.3 Å². The number of rotatable bonds is 2. The number of piperidine rings is 1. The van der Waals surface area contributed by atoms with Gasteiger partial charge in [0.2, 0.25) is 0 Å². The number of halogens is 1. The first kappa shape index (κ1) is 18.5. The molecule has 7 heteroatoms. The molecule has 1 fully saturated rings. The first-order valence-corrected chi connectivity index (χ1v) is 9.89. The Morgan fingerprint density at radius 2 is 1.93 bits per heavy atom. The second-order valence-electron chi connectivity index (χ2n) is 7.80. The standard InChI is InChI=1S/C23H20FN3O3/c1-26-20(13-19(25-26)15-7-9-16(24)10-8-15)21(28)27-12-4-11-23(14-27)18-6-3-2-5-17(18)22(29)30-23/h2-3,5-10,13H,4,11-12,14H2,1H3. The zero-order valence-corrected chi connectivity index (χ0v) is 16.5. The molecular formula is C23H20FN3O3. The number of carbonyl (C=O) groups is 2. The lowest BCUT2D eigenvalue weighted by Crippen LogP contribution is -2.49. The number of benzene rings is 2. The highest BCUT2D eigenvalue weighted by atomic mass is 19.1. The summed E-state index contributed by atoms with van der Waals surface area (Å²) in [6.45, 7) is 0.892. The molecule has 2 aliphatic heterocycles. The van der Waals surface area contributed by atoms with Gasteiger partial charge in [-0.3, -0.25) is 9.48 Å². The van der Waals surface area contributed by atoms with Crippen LogP contribution in [0, 0.1) is 5.82 Å². The SMILES string of the molecule is Cn1nc(-c2ccc(F)cc2)cc1C(=O)N1CCCC2(C1)OC(=O)c1ccccc12. The van der Waals surface area contributed by atoms with Gasteiger partial charge in [-0.1, -0.05) is 18.2 Å². The highest BCUT2D eigenvalue weighted by molar-refractivity contribution is 5.96. The van der Waals surface area contributed by atoms with E-state index < -0.39 is 5.60 Å². The van der Waals surface area contributed by atoms with Crippen molar-refractivity contribution >= 4 is 11.9 Å². The van der Waals surface area contributed by atoms with Crippen molar-refractivity contribution in [3.63, 3.8) is 0 Å². The molecule has 1 saturated heterocycles. The number of carbonyl (C=O) groups excluding carboxylic acids is 2. The van der Waals surface area contributed by atoms with E-state index >= 15 is 0 Å². The summed E-state index contributed by atoms with van der Waals surface area (Å²) in [5.41, 5.74) is 2.41. The minimum Gasteiger partial charge on any atom is -0.449 e. The number of ether oxygens (including phenoxy) is 1. The summed E-state index contributed by atoms with van der Waals surface area (Å²) >= 11 is 0. The zero-order valence-electron chi connectivity index (χ0n) is 16.5. The first-order valence-electron chi connectivity index (χ1n) is 9.89. The number of amides is 1. The Hall–Kier alpha value is -3.48. The fraction of sp³-hybridized carbons (Fsp3) is 0.261. The fourth-order valence-corrected chi connectivity index (χ4v) is 4.44. The maximum absolute atomic E-state index is 13.3. The number of likely N-dealkylation sites (tertiary alicyclic amines) is 1. The molecule has 1 unspecified atom stereocenters. The summed E-state index contributed by atoms with van der Waals surface area (Å²) in [6.07, 6.45) is 1.42. The second kappa shape index (κ2) is 6.79. The third-order valence-corrected chi connectivity index (χ3v) is 5.91. The van der Waals surface area contributed by atoms with Crippen LogP contribution in [0.2, 0.25) is 0 Å². The van der Waals surface area contributed by atoms with Crippen LogP contribution in [0.4, 0.5) is 4.39 Å². The van der Waals surface area contributed by atoms with E-state index in [9.17, 15) is 14.0 Å². The molecule has 152 valence electrons. The van der Waals surface area contributed by atoms with E-state index in [1.807, 2.05) is 18.2 Å². The van der Waals surface area contributed by atoms with Crippen molar-refractivity contribution in [1.82, 2.24) is 14.7 Å². The summed E-state index contributed by atoms with van der Waals surface area (Å²) in [6, 6.07) is 15.1. The molecular weight excluding hydrogens is 385 g/mol. The Morgan fingerprint density at radius 1 is 1.17 bits per heavy atom. The Bertz CT molecular complexity index is 1150. The Balaban J connectivity index is 1.44. The monoisotopic (exact) mass is 405 g/mol. The van der Waals surface area contributed by atoms with Crippen LogP contribution < -0.4 is 0 Å². The molecule has 6 nitrogen and oxygen atoms in total. The summed E-state index contributed by atoms with van der Waals surface area (Å²) in [7, 11) is 1.71. The maximum atomic E-state index is 13.3. The zero-order chi connectivity index (χ0) is 20.9. The van der Waals surface area contributed by atoms with Gasteiger partial charge in [0.25, 0.3) is 5.91 Å². The number of aromatic nitrogens is 2. The summed E-state index contributed by atoms with van der Waals surface area (Å²) in [5.74, 6) is -0.826. The average Bonchev–Trinajstić information content (AvgIpc) is 3.26. The third kappa shape index (κ3) is 2.89. The molecule has 30 heavy (non-hydrogen) atoms. The Morgan fingerprint density at radius 3 is 2.73 bits per heavy atom. The largest absolute Gasteiger partial charge is 0.449 e. The lowest BCUT2D eigenvalue weighted by atomic mass is 9.85. The molecule has 1 atom stereocenters. The van der Waals surface area contributed by atoms with Crippen LogP contribution in [0.3, 0.4) is 0 Å². The van der Waals surface area contributed by atoms with Crippen molar-refractivity contribution in [3.05, 3.63) is 77.2 Å². The molecule has 0 radical (unpaired) electrons. The highest BCUT2D eigenvalue weighted by Crippen LogP contribution is 2.43. The van der Waals surface area contributed by atoms with Gasteiger partial charge in [-0.2, -0.15) is 5.10 Å². The molecule has 2 aliphatic rings. The van der Waals surface area contributed by atoms with Gasteiger partial charge in [-0.15, -0.1) is 0 Å². The summed E-state index contributed by atoms with van der Waals surface area (Å²) < 4.78 is 20.6. The van der Waals surface area contributed by atoms with Crippen LogP contribution >= 0.6 is 0 Å². The van der Waals surface area contributed by atoms with Crippen molar-refractivity contribution in [2.75, 3.05) is 13.1 Å². The predicted octanol–water partition coefficient (Wildman–Crippen LogP) is 3.53. The van der Waals surface area contributed by atoms with E-state index in [4.69, 9.17) is 4.74 Å². The Kier molecular flexibility index (Phi) is 4.20. The molecule has 1 amide bonds. The van der Waals surface area contributed by atoms with E-state index in [0.29, 0.717) is 36.5 Å². The topological polar surface area (TPSA) is 64.4 Å². The van der Waals surface area contributed by atoms with E-state index in [-0.39, 0.29) is 17.7 Å². The van der Waals surface area contributed by atoms with Crippen LogP contribution in [0.25, 0.3) is 11.3 Å². The quantitative estimate of drug-likeness (QED) is 0.612. The van der Waals surface area contributed by atoms with Crippen LogP contribution in [0.5, 0.6) is 0 Å². The molecule has 0 aliphatic carbocycles. The summed E-state index contributed by atoms with van der Waals surface area (Å²) in [4.78, 5) is 27.4. The molecule has 1 spiro atoms. The van der Waals surface area contributed by atoms with Crippen LogP contribution in [0.1, 0.15) is 39.3 Å². The molecule has 3 aromatic rings. The van der Waals surface area contributed by atoms with Gasteiger partial charge in [0, 0.05) is 24.7 Å². The van der Waals surface area contributed by atoms with Crippen LogP contribution in [-0.4, -0.2) is 39.6 Å². The lowest BCUT2D eigenvalue weighted by molar-refractivity contribution is -0.0444. The molecule has 2 aromatic carbocycles. The number of hydrogen-bond donors (Lipinski definition) is 0. The third-order valence-electron chi connectivity index (χ3n) is 5.91. The van der Waals surface area contributed by atoms with Gasteiger partial charge in [0.05, 0.1) is 17.8 Å². The lowest BCUT2D eigenvalue weighted by Gasteiger charge is -2.39. The van der Waals surface area contributed by atoms with E-state index in [1.54, 1.807) is 36.2 Å². The molecule has 0 bridgehead atoms. The first-order chi connectivity index (χ1) is 14.5. The van der Waals surface area contributed by atoms with Crippen LogP contribution in [-0.2, 0) is 17.4 Å². The highest BCUT2D eigenvalue weighted by Gasteiger charge is 2.49. The van der Waals surface area contributed by atoms with E-state index in [0.717, 1.165) is 17.5 Å². The molecule has 0 N–H and O–H groups in total. The van der Waals surface area contributed by atoms with Gasteiger partial charge in [-0.05, 0) is 49.2 Å². The minimum atomic E-state index is -0.792. The van der Waals surface area contributed by atoms with Gasteiger partial charge in [0.1, 0.15) is 11.5 Å². The predicted molar refractivity (Wildman–Crippen MR) is 107 cm³/mol. The minimum absolute atomic E-state index is 0.169. The smallest absolute Gasteiger partial charge is 0.339 e. The van der Waals surface area contributed by atoms with E-state index in [1.165, 1.54) is 16.8 Å². The molecule has 5 rings (SSSR count). The maximum Gasteiger partial charge on any atom is 0.339 e. The van der Waals surface area contributed by atoms with Gasteiger partial charge in [-0.25, -0.2) is 9.18 Å². The molecule has 1 aromatic heterocycles. The fourth-order valence-electron chi connectivity index (χ4n) is 4.44. The Labute approximate surface area is 172 Å². The average molecular weight is 405 g/mol. The molecule has 0 saturated carbocycles. The van der Waals surface area contributed by atoms with Crippen molar-refractivity contribution in [1.29, 1.82) is 0 Å². The van der Waals surface area contributed by atoms with Gasteiger partial charge < -0.3 is 9.64 Å². The second-order valence-corrected chi connectivity index (χ2v) is 7.80. The van der Waals surface area contributed by atoms with Crippen molar-refractivity contribution in [2.45, 2.75) is 18.4 Å². The molecule has 3 heterocycles. The number of nitrogens with zero attached hydrogens (tertiary/aromatic N) is 3. The van der Waals surface area contributed by atoms with Gasteiger partial charge >= 0.3 is 5.97 Å². The van der Waals surface area contributed by atoms with Crippen LogP contribution in [0.15, 0.2) is 54.6 Å². The van der Waals surface area contributed by atoms with Crippen molar-refractivity contribution < 1.29 is 18.7 Å². The van der Waals surface area contributed by atoms with E-state index in [2.05, 4.69) is 5.10 Å². The van der Waals surface area contributed by atoms with Crippen molar-refractivity contribution in [2.24, 2.45) is 7.05 Å². The number of hydrogen-bond acceptors (Lipinski definition) is 4. The number of aryl methyl sites for hydroxylation is 1. The normalized spacial score (nSPS) is 20.3. The summed E-state index contributed by atoms with van der Waals surface area (Å²) in [5, 5.41) is 4.42.